The number of pyridine rings is 1. The summed E-state index contributed by atoms with van der Waals surface area (Å²) in [6.45, 7) is 7.97. The van der Waals surface area contributed by atoms with Gasteiger partial charge in [-0.3, -0.25) is 14.5 Å². The first-order valence-electron chi connectivity index (χ1n) is 10.7. The lowest BCUT2D eigenvalue weighted by Gasteiger charge is -2.23. The van der Waals surface area contributed by atoms with Gasteiger partial charge in [-0.15, -0.1) is 0 Å². The number of hydrogen-bond acceptors (Lipinski definition) is 5. The molecule has 6 nitrogen and oxygen atoms in total. The molecule has 4 rings (SSSR count). The number of rotatable bonds is 6. The molecule has 2 heterocycles. The van der Waals surface area contributed by atoms with Crippen LogP contribution in [-0.4, -0.2) is 36.4 Å². The lowest BCUT2D eigenvalue weighted by molar-refractivity contribution is -0.114. The zero-order chi connectivity index (χ0) is 22.7. The van der Waals surface area contributed by atoms with Crippen molar-refractivity contribution in [1.82, 2.24) is 4.98 Å². The van der Waals surface area contributed by atoms with Crippen LogP contribution in [0.5, 0.6) is 0 Å². The third kappa shape index (κ3) is 4.34. The van der Waals surface area contributed by atoms with E-state index in [-0.39, 0.29) is 18.4 Å². The highest BCUT2D eigenvalue weighted by Gasteiger charge is 2.29. The highest BCUT2D eigenvalue weighted by atomic mass is 32.2. The smallest absolute Gasteiger partial charge is 0.259 e. The molecule has 1 aliphatic rings. The molecule has 0 unspecified atom stereocenters. The number of anilines is 3. The standard InChI is InChI=1S/C25H26N4O2S/c1-4-28(5-2)18-12-13-20(17(3)15-18)27-23(30)16-29-21-10-8-14-26-24(21)32-22-11-7-6-9-19(22)25(29)31/h6-15H,4-5,16H2,1-3H3,(H,27,30). The van der Waals surface area contributed by atoms with Gasteiger partial charge in [-0.1, -0.05) is 23.9 Å². The average Bonchev–Trinajstić information content (AvgIpc) is 2.91. The van der Waals surface area contributed by atoms with Gasteiger partial charge in [0.25, 0.3) is 5.91 Å². The Morgan fingerprint density at radius 2 is 1.88 bits per heavy atom. The zero-order valence-corrected chi connectivity index (χ0v) is 19.3. The molecule has 1 aliphatic heterocycles. The van der Waals surface area contributed by atoms with Crippen molar-refractivity contribution in [1.29, 1.82) is 0 Å². The predicted molar refractivity (Wildman–Crippen MR) is 130 cm³/mol. The van der Waals surface area contributed by atoms with E-state index in [9.17, 15) is 9.59 Å². The van der Waals surface area contributed by atoms with Crippen molar-refractivity contribution in [3.8, 4) is 0 Å². The van der Waals surface area contributed by atoms with Crippen molar-refractivity contribution < 1.29 is 9.59 Å². The van der Waals surface area contributed by atoms with E-state index in [4.69, 9.17) is 0 Å². The first-order valence-corrected chi connectivity index (χ1v) is 11.5. The molecule has 0 bridgehead atoms. The van der Waals surface area contributed by atoms with Crippen LogP contribution in [0.4, 0.5) is 17.1 Å². The fraction of sp³-hybridized carbons (Fsp3) is 0.240. The highest BCUT2D eigenvalue weighted by molar-refractivity contribution is 7.99. The number of carbonyl (C=O) groups is 2. The summed E-state index contributed by atoms with van der Waals surface area (Å²) in [7, 11) is 0. The SMILES string of the molecule is CCN(CC)c1ccc(NC(=O)CN2C(=O)c3ccccc3Sc3ncccc32)c(C)c1. The van der Waals surface area contributed by atoms with Gasteiger partial charge in [-0.25, -0.2) is 4.98 Å². The van der Waals surface area contributed by atoms with Crippen LogP contribution in [0.3, 0.4) is 0 Å². The van der Waals surface area contributed by atoms with Crippen LogP contribution in [0.1, 0.15) is 29.8 Å². The normalized spacial score (nSPS) is 12.6. The molecule has 0 radical (unpaired) electrons. The van der Waals surface area contributed by atoms with Gasteiger partial charge < -0.3 is 10.2 Å². The molecule has 7 heteroatoms. The van der Waals surface area contributed by atoms with Gasteiger partial charge in [0.15, 0.2) is 0 Å². The first-order chi connectivity index (χ1) is 15.5. The lowest BCUT2D eigenvalue weighted by atomic mass is 10.1. The third-order valence-corrected chi connectivity index (χ3v) is 6.61. The Kier molecular flexibility index (Phi) is 6.46. The second-order valence-electron chi connectivity index (χ2n) is 7.54. The van der Waals surface area contributed by atoms with Crippen molar-refractivity contribution in [2.45, 2.75) is 30.7 Å². The number of fused-ring (bicyclic) bond motifs is 2. The minimum atomic E-state index is -0.253. The predicted octanol–water partition coefficient (Wildman–Crippen LogP) is 4.99. The van der Waals surface area contributed by atoms with Crippen molar-refractivity contribution in [2.75, 3.05) is 34.8 Å². The van der Waals surface area contributed by atoms with E-state index in [0.717, 1.165) is 34.9 Å². The van der Waals surface area contributed by atoms with Gasteiger partial charge in [0.2, 0.25) is 5.91 Å². The number of benzene rings is 2. The second kappa shape index (κ2) is 9.44. The average molecular weight is 447 g/mol. The number of nitrogens with zero attached hydrogens (tertiary/aromatic N) is 3. The fourth-order valence-electron chi connectivity index (χ4n) is 3.82. The van der Waals surface area contributed by atoms with Gasteiger partial charge in [0.05, 0.1) is 11.3 Å². The maximum atomic E-state index is 13.3. The molecule has 0 saturated heterocycles. The van der Waals surface area contributed by atoms with E-state index >= 15 is 0 Å². The van der Waals surface area contributed by atoms with E-state index in [0.29, 0.717) is 16.3 Å². The molecular weight excluding hydrogens is 420 g/mol. The van der Waals surface area contributed by atoms with E-state index in [2.05, 4.69) is 35.1 Å². The minimum Gasteiger partial charge on any atom is -0.372 e. The van der Waals surface area contributed by atoms with Gasteiger partial charge in [-0.05, 0) is 68.8 Å². The Morgan fingerprint density at radius 3 is 2.62 bits per heavy atom. The summed E-state index contributed by atoms with van der Waals surface area (Å²) in [5, 5.41) is 3.68. The fourth-order valence-corrected chi connectivity index (χ4v) is 4.84. The Morgan fingerprint density at radius 1 is 1.09 bits per heavy atom. The number of aryl methyl sites for hydroxylation is 1. The Bertz CT molecular complexity index is 1160. The van der Waals surface area contributed by atoms with Crippen LogP contribution in [0.15, 0.2) is 70.7 Å². The molecule has 1 N–H and O–H groups in total. The van der Waals surface area contributed by atoms with Crippen molar-refractivity contribution in [3.63, 3.8) is 0 Å². The molecule has 2 aromatic carbocycles. The maximum absolute atomic E-state index is 13.3. The third-order valence-electron chi connectivity index (χ3n) is 5.53. The summed E-state index contributed by atoms with van der Waals surface area (Å²) in [5.74, 6) is -0.458. The van der Waals surface area contributed by atoms with Crippen LogP contribution in [0, 0.1) is 6.92 Å². The van der Waals surface area contributed by atoms with Crippen molar-refractivity contribution >= 4 is 40.6 Å². The second-order valence-corrected chi connectivity index (χ2v) is 8.57. The monoisotopic (exact) mass is 446 g/mol. The van der Waals surface area contributed by atoms with Crippen LogP contribution in [0.25, 0.3) is 0 Å². The molecule has 0 saturated carbocycles. The van der Waals surface area contributed by atoms with Crippen molar-refractivity contribution in [3.05, 3.63) is 71.9 Å². The minimum absolute atomic E-state index is 0.0936. The van der Waals surface area contributed by atoms with Gasteiger partial charge in [0.1, 0.15) is 11.6 Å². The molecule has 0 spiro atoms. The van der Waals surface area contributed by atoms with Crippen LogP contribution in [-0.2, 0) is 4.79 Å². The van der Waals surface area contributed by atoms with Gasteiger partial charge in [-0.2, -0.15) is 0 Å². The largest absolute Gasteiger partial charge is 0.372 e. The number of carbonyl (C=O) groups excluding carboxylic acids is 2. The van der Waals surface area contributed by atoms with Crippen LogP contribution >= 0.6 is 11.8 Å². The quantitative estimate of drug-likeness (QED) is 0.578. The highest BCUT2D eigenvalue weighted by Crippen LogP contribution is 2.39. The lowest BCUT2D eigenvalue weighted by Crippen LogP contribution is -2.38. The Hall–Kier alpha value is -3.32. The maximum Gasteiger partial charge on any atom is 0.259 e. The number of aromatic nitrogens is 1. The summed E-state index contributed by atoms with van der Waals surface area (Å²) in [6.07, 6.45) is 1.70. The Balaban J connectivity index is 1.58. The van der Waals surface area contributed by atoms with E-state index < -0.39 is 0 Å². The molecule has 0 fully saturated rings. The number of hydrogen-bond donors (Lipinski definition) is 1. The molecule has 0 atom stereocenters. The molecule has 1 aromatic heterocycles. The molecule has 0 aliphatic carbocycles. The number of amides is 2. The zero-order valence-electron chi connectivity index (χ0n) is 18.5. The summed E-state index contributed by atoms with van der Waals surface area (Å²) in [4.78, 5) is 35.4. The summed E-state index contributed by atoms with van der Waals surface area (Å²) in [6, 6.07) is 17.0. The summed E-state index contributed by atoms with van der Waals surface area (Å²) < 4.78 is 0. The van der Waals surface area contributed by atoms with Gasteiger partial charge in [0, 0.05) is 35.6 Å². The molecular formula is C25H26N4O2S. The molecule has 164 valence electrons. The summed E-state index contributed by atoms with van der Waals surface area (Å²) in [5.41, 5.74) is 4.06. The van der Waals surface area contributed by atoms with Crippen LogP contribution in [0.2, 0.25) is 0 Å². The first kappa shape index (κ1) is 21.9. The summed E-state index contributed by atoms with van der Waals surface area (Å²) >= 11 is 1.44. The number of nitrogens with one attached hydrogen (secondary N) is 1. The molecule has 3 aromatic rings. The van der Waals surface area contributed by atoms with E-state index in [1.807, 2.05) is 43.3 Å². The molecule has 32 heavy (non-hydrogen) atoms. The Labute approximate surface area is 192 Å². The van der Waals surface area contributed by atoms with Crippen LogP contribution < -0.4 is 15.1 Å². The van der Waals surface area contributed by atoms with Crippen molar-refractivity contribution in [2.24, 2.45) is 0 Å². The van der Waals surface area contributed by atoms with E-state index in [1.165, 1.54) is 16.7 Å². The molecule has 2 amide bonds. The topological polar surface area (TPSA) is 65.5 Å². The van der Waals surface area contributed by atoms with Gasteiger partial charge >= 0.3 is 0 Å². The van der Waals surface area contributed by atoms with E-state index in [1.54, 1.807) is 18.3 Å².